The van der Waals surface area contributed by atoms with Crippen LogP contribution in [0, 0.1) is 0 Å². The maximum absolute atomic E-state index is 12.9. The van der Waals surface area contributed by atoms with Crippen molar-refractivity contribution in [3.63, 3.8) is 0 Å². The van der Waals surface area contributed by atoms with Gasteiger partial charge in [-0.05, 0) is 37.1 Å². The van der Waals surface area contributed by atoms with Gasteiger partial charge in [0.2, 0.25) is 17.6 Å². The number of aromatic nitrogens is 3. The molecule has 1 aliphatic rings. The highest BCUT2D eigenvalue weighted by Crippen LogP contribution is 2.32. The van der Waals surface area contributed by atoms with E-state index in [9.17, 15) is 4.79 Å². The largest absolute Gasteiger partial charge is 0.365 e. The number of nitrogens with zero attached hydrogens (tertiary/aromatic N) is 5. The fourth-order valence-electron chi connectivity index (χ4n) is 3.36. The van der Waals surface area contributed by atoms with Gasteiger partial charge >= 0.3 is 0 Å². The van der Waals surface area contributed by atoms with E-state index in [-0.39, 0.29) is 11.9 Å². The van der Waals surface area contributed by atoms with Crippen LogP contribution < -0.4 is 4.90 Å². The summed E-state index contributed by atoms with van der Waals surface area (Å²) in [5.74, 6) is 0.983. The molecule has 1 atom stereocenters. The van der Waals surface area contributed by atoms with Gasteiger partial charge in [0.05, 0.1) is 6.54 Å². The molecule has 7 heteroatoms. The van der Waals surface area contributed by atoms with Gasteiger partial charge in [-0.25, -0.2) is 0 Å². The number of hydrogen-bond donors (Lipinski definition) is 0. The lowest BCUT2D eigenvalue weighted by Crippen LogP contribution is -2.38. The number of amides is 1. The second-order valence-corrected chi connectivity index (χ2v) is 6.61. The number of anilines is 1. The number of carbonyl (C=O) groups excluding carboxylic acids is 1. The number of likely N-dealkylation sites (N-methyl/N-ethyl adjacent to an activating group) is 1. The van der Waals surface area contributed by atoms with Crippen molar-refractivity contribution in [2.24, 2.45) is 0 Å². The molecule has 1 aromatic carbocycles. The molecule has 1 saturated heterocycles. The molecule has 27 heavy (non-hydrogen) atoms. The van der Waals surface area contributed by atoms with Crippen LogP contribution in [0.15, 0.2) is 59.3 Å². The zero-order valence-electron chi connectivity index (χ0n) is 15.2. The third-order valence-corrected chi connectivity index (χ3v) is 4.76. The molecule has 0 bridgehead atoms. The molecule has 1 amide bonds. The van der Waals surface area contributed by atoms with E-state index in [4.69, 9.17) is 4.52 Å². The normalized spacial score (nSPS) is 16.5. The first kappa shape index (κ1) is 17.2. The highest BCUT2D eigenvalue weighted by Gasteiger charge is 2.34. The van der Waals surface area contributed by atoms with Gasteiger partial charge in [-0.3, -0.25) is 9.78 Å². The first-order valence-corrected chi connectivity index (χ1v) is 9.03. The van der Waals surface area contributed by atoms with E-state index in [2.05, 4.69) is 15.1 Å². The Bertz CT molecular complexity index is 897. The minimum absolute atomic E-state index is 0.0569. The quantitative estimate of drug-likeness (QED) is 0.694. The summed E-state index contributed by atoms with van der Waals surface area (Å²) in [5, 5.41) is 4.04. The zero-order valence-corrected chi connectivity index (χ0v) is 15.2. The number of likely N-dealkylation sites (tertiary alicyclic amines) is 1. The number of benzene rings is 1. The molecule has 1 fully saturated rings. The van der Waals surface area contributed by atoms with E-state index in [1.807, 2.05) is 65.4 Å². The molecule has 3 heterocycles. The Morgan fingerprint density at radius 1 is 1.22 bits per heavy atom. The minimum atomic E-state index is -0.174. The second kappa shape index (κ2) is 7.57. The molecule has 0 unspecified atom stereocenters. The molecule has 7 nitrogen and oxygen atoms in total. The summed E-state index contributed by atoms with van der Waals surface area (Å²) in [6.07, 6.45) is 3.44. The summed E-state index contributed by atoms with van der Waals surface area (Å²) in [6.45, 7) is 1.01. The summed E-state index contributed by atoms with van der Waals surface area (Å²) in [4.78, 5) is 25.4. The van der Waals surface area contributed by atoms with Gasteiger partial charge in [0.15, 0.2) is 0 Å². The van der Waals surface area contributed by atoms with Crippen molar-refractivity contribution in [2.75, 3.05) is 25.0 Å². The van der Waals surface area contributed by atoms with Crippen LogP contribution in [-0.4, -0.2) is 46.1 Å². The lowest BCUT2D eigenvalue weighted by molar-refractivity contribution is -0.131. The Balaban J connectivity index is 1.47. The van der Waals surface area contributed by atoms with E-state index in [1.54, 1.807) is 6.20 Å². The summed E-state index contributed by atoms with van der Waals surface area (Å²) in [7, 11) is 1.92. The predicted octanol–water partition coefficient (Wildman–Crippen LogP) is 2.93. The summed E-state index contributed by atoms with van der Waals surface area (Å²) in [5.41, 5.74) is 1.67. The Morgan fingerprint density at radius 2 is 2.04 bits per heavy atom. The molecule has 3 aromatic rings. The molecule has 4 rings (SSSR count). The van der Waals surface area contributed by atoms with Gasteiger partial charge < -0.3 is 14.3 Å². The van der Waals surface area contributed by atoms with Gasteiger partial charge in [0.25, 0.3) is 0 Å². The van der Waals surface area contributed by atoms with Crippen molar-refractivity contribution >= 4 is 11.6 Å². The average molecular weight is 363 g/mol. The Labute approximate surface area is 157 Å². The van der Waals surface area contributed by atoms with E-state index in [1.165, 1.54) is 0 Å². The Hall–Kier alpha value is -3.22. The summed E-state index contributed by atoms with van der Waals surface area (Å²) < 4.78 is 5.46. The van der Waals surface area contributed by atoms with Crippen LogP contribution in [0.2, 0.25) is 0 Å². The number of carbonyl (C=O) groups is 1. The van der Waals surface area contributed by atoms with Crippen molar-refractivity contribution in [3.8, 4) is 11.5 Å². The first-order valence-electron chi connectivity index (χ1n) is 9.03. The van der Waals surface area contributed by atoms with Gasteiger partial charge in [0, 0.05) is 25.5 Å². The van der Waals surface area contributed by atoms with Crippen LogP contribution in [0.3, 0.4) is 0 Å². The second-order valence-electron chi connectivity index (χ2n) is 6.61. The van der Waals surface area contributed by atoms with Crippen LogP contribution in [0.25, 0.3) is 11.5 Å². The molecule has 0 spiro atoms. The molecule has 1 aliphatic heterocycles. The fourth-order valence-corrected chi connectivity index (χ4v) is 3.36. The minimum Gasteiger partial charge on any atom is -0.365 e. The van der Waals surface area contributed by atoms with Crippen molar-refractivity contribution in [1.29, 1.82) is 0 Å². The predicted molar refractivity (Wildman–Crippen MR) is 101 cm³/mol. The zero-order chi connectivity index (χ0) is 18.6. The molecule has 138 valence electrons. The maximum Gasteiger partial charge on any atom is 0.249 e. The SMILES string of the molecule is CN(CC(=O)N1CCC[C@H]1c1nc(-c2ccccn2)no1)c1ccccc1. The highest BCUT2D eigenvalue weighted by molar-refractivity contribution is 5.82. The molecule has 0 radical (unpaired) electrons. The molecule has 2 aromatic heterocycles. The van der Waals surface area contributed by atoms with E-state index < -0.39 is 0 Å². The third kappa shape index (κ3) is 3.67. The average Bonchev–Trinajstić information content (AvgIpc) is 3.38. The highest BCUT2D eigenvalue weighted by atomic mass is 16.5. The molecular formula is C20H21N5O2. The monoisotopic (exact) mass is 363 g/mol. The molecular weight excluding hydrogens is 342 g/mol. The Kier molecular flexibility index (Phi) is 4.82. The van der Waals surface area contributed by atoms with Gasteiger partial charge in [-0.15, -0.1) is 0 Å². The lowest BCUT2D eigenvalue weighted by atomic mass is 10.2. The fraction of sp³-hybridized carbons (Fsp3) is 0.300. The van der Waals surface area contributed by atoms with Gasteiger partial charge in [-0.2, -0.15) is 4.98 Å². The van der Waals surface area contributed by atoms with Crippen LogP contribution >= 0.6 is 0 Å². The van der Waals surface area contributed by atoms with Gasteiger partial charge in [-0.1, -0.05) is 29.4 Å². The maximum atomic E-state index is 12.9. The summed E-state index contributed by atoms with van der Waals surface area (Å²) in [6, 6.07) is 15.3. The van der Waals surface area contributed by atoms with Crippen LogP contribution in [-0.2, 0) is 4.79 Å². The van der Waals surface area contributed by atoms with E-state index in [0.717, 1.165) is 18.5 Å². The number of para-hydroxylation sites is 1. The topological polar surface area (TPSA) is 75.4 Å². The van der Waals surface area contributed by atoms with Crippen molar-refractivity contribution < 1.29 is 9.32 Å². The van der Waals surface area contributed by atoms with Crippen molar-refractivity contribution in [3.05, 3.63) is 60.6 Å². The van der Waals surface area contributed by atoms with E-state index >= 15 is 0 Å². The van der Waals surface area contributed by atoms with Gasteiger partial charge in [0.1, 0.15) is 11.7 Å². The Morgan fingerprint density at radius 3 is 2.81 bits per heavy atom. The van der Waals surface area contributed by atoms with Crippen molar-refractivity contribution in [1.82, 2.24) is 20.0 Å². The van der Waals surface area contributed by atoms with Crippen LogP contribution in [0.1, 0.15) is 24.8 Å². The molecule has 0 N–H and O–H groups in total. The van der Waals surface area contributed by atoms with Crippen molar-refractivity contribution in [2.45, 2.75) is 18.9 Å². The molecule has 0 saturated carbocycles. The lowest BCUT2D eigenvalue weighted by Gasteiger charge is -2.26. The van der Waals surface area contributed by atoms with Crippen LogP contribution in [0.5, 0.6) is 0 Å². The first-order chi connectivity index (χ1) is 13.2. The van der Waals surface area contributed by atoms with Crippen LogP contribution in [0.4, 0.5) is 5.69 Å². The standard InChI is InChI=1S/C20H21N5O2/c1-24(15-8-3-2-4-9-15)14-18(26)25-13-7-11-17(25)20-22-19(23-27-20)16-10-5-6-12-21-16/h2-6,8-10,12,17H,7,11,13-14H2,1H3/t17-/m0/s1. The number of rotatable bonds is 5. The molecule has 0 aliphatic carbocycles. The van der Waals surface area contributed by atoms with E-state index in [0.29, 0.717) is 30.5 Å². The third-order valence-electron chi connectivity index (χ3n) is 4.76. The number of hydrogen-bond acceptors (Lipinski definition) is 6. The smallest absolute Gasteiger partial charge is 0.249 e. The summed E-state index contributed by atoms with van der Waals surface area (Å²) >= 11 is 0. The number of pyridine rings is 1.